The van der Waals surface area contributed by atoms with Crippen LogP contribution in [0.2, 0.25) is 0 Å². The molecule has 4 rings (SSSR count). The quantitative estimate of drug-likeness (QED) is 0.0248. The topological polar surface area (TPSA) is 114 Å². The van der Waals surface area contributed by atoms with Gasteiger partial charge < -0.3 is 9.11 Å². The first-order chi connectivity index (χ1) is 35.0. The summed E-state index contributed by atoms with van der Waals surface area (Å²) < 4.78 is 74.7. The molecule has 0 saturated heterocycles. The predicted octanol–water partition coefficient (Wildman–Crippen LogP) is 19.4. The van der Waals surface area contributed by atoms with Gasteiger partial charge in [-0.2, -0.15) is 0 Å². The van der Waals surface area contributed by atoms with Crippen LogP contribution in [-0.4, -0.2) is 63.7 Å². The second-order valence-electron chi connectivity index (χ2n) is 21.4. The van der Waals surface area contributed by atoms with Crippen molar-refractivity contribution in [1.82, 2.24) is 0 Å². The minimum atomic E-state index is -4.54. The number of hydrogen-bond acceptors (Lipinski definition) is 6. The third-order valence-electron chi connectivity index (χ3n) is 15.1. The van der Waals surface area contributed by atoms with E-state index in [0.717, 1.165) is 97.2 Å². The monoisotopic (exact) mass is 1070 g/mol. The van der Waals surface area contributed by atoms with Gasteiger partial charge in [0.2, 0.25) is 0 Å². The van der Waals surface area contributed by atoms with E-state index in [0.29, 0.717) is 23.6 Å². The Kier molecular flexibility index (Phi) is 38.5. The molecule has 0 N–H and O–H groups in total. The first-order valence-corrected chi connectivity index (χ1v) is 32.8. The van der Waals surface area contributed by atoms with E-state index in [1.807, 2.05) is 36.4 Å². The van der Waals surface area contributed by atoms with Gasteiger partial charge in [0.25, 0.3) is 0 Å². The summed E-state index contributed by atoms with van der Waals surface area (Å²) in [6.45, 7) is 8.99. The van der Waals surface area contributed by atoms with Crippen LogP contribution in [0.15, 0.2) is 70.5 Å². The number of unbranched alkanes of at least 4 members (excludes halogenated alkanes) is 32. The molecule has 4 aromatic rings. The normalized spacial score (nSPS) is 11.8. The van der Waals surface area contributed by atoms with E-state index >= 15 is 0 Å². The van der Waals surface area contributed by atoms with E-state index in [-0.39, 0.29) is 47.5 Å². The van der Waals surface area contributed by atoms with Gasteiger partial charge in [0.1, 0.15) is 20.2 Å². The van der Waals surface area contributed by atoms with Gasteiger partial charge in [-0.25, -0.2) is 16.8 Å². The molecule has 0 aliphatic rings. The van der Waals surface area contributed by atoms with E-state index < -0.39 is 20.2 Å². The maximum Gasteiger partial charge on any atom is 2.00 e. The van der Waals surface area contributed by atoms with E-state index in [1.54, 1.807) is 12.1 Å². The summed E-state index contributed by atoms with van der Waals surface area (Å²) in [5, 5.41) is 2.92. The zero-order valence-corrected chi connectivity index (χ0v) is 50.9. The van der Waals surface area contributed by atoms with Crippen molar-refractivity contribution in [2.75, 3.05) is 0 Å². The zero-order valence-electron chi connectivity index (χ0n) is 47.0. The summed E-state index contributed by atoms with van der Waals surface area (Å²) in [5.74, 6) is 0. The minimum absolute atomic E-state index is 0. The van der Waals surface area contributed by atoms with Crippen molar-refractivity contribution >= 4 is 79.5 Å². The Labute approximate surface area is 478 Å². The number of benzene rings is 4. The van der Waals surface area contributed by atoms with Gasteiger partial charge in [0.05, 0.1) is 9.79 Å². The molecule has 6 nitrogen and oxygen atoms in total. The van der Waals surface area contributed by atoms with Gasteiger partial charge in [-0.15, -0.1) is 0 Å². The number of rotatable bonds is 42. The van der Waals surface area contributed by atoms with Crippen molar-refractivity contribution in [1.29, 1.82) is 0 Å². The van der Waals surface area contributed by atoms with Crippen molar-refractivity contribution < 1.29 is 25.9 Å². The van der Waals surface area contributed by atoms with Crippen LogP contribution in [0.5, 0.6) is 0 Å². The summed E-state index contributed by atoms with van der Waals surface area (Å²) in [7, 11) is -9.09. The average molecular weight is 1070 g/mol. The molecule has 9 heteroatoms. The maximum absolute atomic E-state index is 12.4. The first-order valence-electron chi connectivity index (χ1n) is 30.0. The van der Waals surface area contributed by atoms with Crippen molar-refractivity contribution in [2.24, 2.45) is 0 Å². The molecule has 408 valence electrons. The fraction of sp³-hybridized carbons (Fsp3) is 0.688. The number of aryl methyl sites for hydroxylation is 2. The molecule has 0 fully saturated rings. The Morgan fingerprint density at radius 1 is 0.315 bits per heavy atom. The molecule has 0 bridgehead atoms. The third-order valence-corrected chi connectivity index (χ3v) is 17.0. The fourth-order valence-electron chi connectivity index (χ4n) is 10.9. The number of fused-ring (bicyclic) bond motifs is 2. The Hall–Kier alpha value is -1.52. The Morgan fingerprint density at radius 2 is 0.534 bits per heavy atom. The second-order valence-corrected chi connectivity index (χ2v) is 24.0. The Balaban J connectivity index is 0.000000493. The van der Waals surface area contributed by atoms with Crippen LogP contribution in [0, 0.1) is 0 Å². The molecule has 0 aromatic heterocycles. The summed E-state index contributed by atoms with van der Waals surface area (Å²) >= 11 is 0. The predicted molar refractivity (Wildman–Crippen MR) is 313 cm³/mol. The van der Waals surface area contributed by atoms with Crippen LogP contribution in [0.25, 0.3) is 21.5 Å². The van der Waals surface area contributed by atoms with Crippen molar-refractivity contribution in [3.63, 3.8) is 0 Å². The molecule has 4 aromatic carbocycles. The molecule has 0 saturated carbocycles. The molecule has 0 atom stereocenters. The van der Waals surface area contributed by atoms with Crippen molar-refractivity contribution in [3.8, 4) is 0 Å². The summed E-state index contributed by atoms with van der Waals surface area (Å²) in [4.78, 5) is 0.0946. The van der Waals surface area contributed by atoms with E-state index in [9.17, 15) is 25.9 Å². The SMILES string of the molecule is CCCCCCCCCCCc1cc2ccccc2c(S(=O)(=O)[O-])c1CCCCCCCCCCC.CCCCCCCCCCCc1cc2ccccc2c(S(=O)(=O)[O-])c1CCCCCCCCCCC.[Ca+2]. The van der Waals surface area contributed by atoms with Crippen molar-refractivity contribution in [3.05, 3.63) is 82.9 Å². The largest absolute Gasteiger partial charge is 2.00 e. The van der Waals surface area contributed by atoms with Gasteiger partial charge in [0.15, 0.2) is 0 Å². The molecule has 0 aliphatic heterocycles. The molecule has 0 radical (unpaired) electrons. The third kappa shape index (κ3) is 28.1. The zero-order chi connectivity index (χ0) is 52.1. The van der Waals surface area contributed by atoms with E-state index in [1.165, 1.54) is 180 Å². The molecule has 0 heterocycles. The van der Waals surface area contributed by atoms with Gasteiger partial charge in [0, 0.05) is 0 Å². The minimum Gasteiger partial charge on any atom is -0.744 e. The van der Waals surface area contributed by atoms with Crippen LogP contribution < -0.4 is 0 Å². The first kappa shape index (κ1) is 67.6. The molecular weight excluding hydrogens is 969 g/mol. The molecule has 0 amide bonds. The Morgan fingerprint density at radius 3 is 0.781 bits per heavy atom. The molecular formula is C64H102CaO6S2. The van der Waals surface area contributed by atoms with Crippen LogP contribution in [0.3, 0.4) is 0 Å². The summed E-state index contributed by atoms with van der Waals surface area (Å²) in [6.07, 6.45) is 47.9. The van der Waals surface area contributed by atoms with Gasteiger partial charge in [-0.1, -0.05) is 294 Å². The molecule has 0 spiro atoms. The standard InChI is InChI=1S/2C32H52O3S.Ca/c2*1-3-5-7-9-11-13-15-17-19-23-28-27-29-24-21-22-26-31(29)32(36(33,34)35)30(28)25-20-18-16-14-12-10-8-6-4-2;/h2*21-22,24,26-27H,3-20,23,25H2,1-2H3,(H,33,34,35);/q;;+2/p-2. The van der Waals surface area contributed by atoms with Gasteiger partial charge >= 0.3 is 37.7 Å². The average Bonchev–Trinajstić information content (AvgIpc) is 3.35. The van der Waals surface area contributed by atoms with E-state index in [2.05, 4.69) is 39.8 Å². The molecule has 0 unspecified atom stereocenters. The smallest absolute Gasteiger partial charge is 0.744 e. The fourth-order valence-corrected chi connectivity index (χ4v) is 12.8. The van der Waals surface area contributed by atoms with Crippen LogP contribution in [0.1, 0.15) is 281 Å². The van der Waals surface area contributed by atoms with Gasteiger partial charge in [-0.05, 0) is 95.2 Å². The Bertz CT molecular complexity index is 2100. The van der Waals surface area contributed by atoms with Crippen molar-refractivity contribution in [2.45, 2.75) is 294 Å². The second kappa shape index (κ2) is 41.6. The van der Waals surface area contributed by atoms with E-state index in [4.69, 9.17) is 0 Å². The summed E-state index contributed by atoms with van der Waals surface area (Å²) in [5.41, 5.74) is 3.74. The maximum atomic E-state index is 12.4. The van der Waals surface area contributed by atoms with Gasteiger partial charge in [-0.3, -0.25) is 0 Å². The van der Waals surface area contributed by atoms with Crippen LogP contribution in [0.4, 0.5) is 0 Å². The van der Waals surface area contributed by atoms with Crippen LogP contribution >= 0.6 is 0 Å². The summed E-state index contributed by atoms with van der Waals surface area (Å²) in [6, 6.07) is 19.3. The molecule has 73 heavy (non-hydrogen) atoms. The van der Waals surface area contributed by atoms with Crippen LogP contribution in [-0.2, 0) is 45.9 Å². The molecule has 0 aliphatic carbocycles. The number of hydrogen-bond donors (Lipinski definition) is 0.